The van der Waals surface area contributed by atoms with E-state index in [4.69, 9.17) is 22.1 Å². The zero-order valence-electron chi connectivity index (χ0n) is 11.1. The summed E-state index contributed by atoms with van der Waals surface area (Å²) >= 11 is 5.91. The molecule has 1 aliphatic rings. The predicted octanol–water partition coefficient (Wildman–Crippen LogP) is 4.61. The molecule has 1 aliphatic heterocycles. The van der Waals surface area contributed by atoms with Gasteiger partial charge in [-0.2, -0.15) is 13.2 Å². The van der Waals surface area contributed by atoms with Crippen molar-refractivity contribution in [3.05, 3.63) is 28.8 Å². The topological polar surface area (TPSA) is 35.2 Å². The van der Waals surface area contributed by atoms with Crippen molar-refractivity contribution < 1.29 is 17.9 Å². The molecule has 0 aliphatic carbocycles. The third kappa shape index (κ3) is 3.79. The number of alkyl halides is 3. The average molecular weight is 308 g/mol. The molecule has 1 heterocycles. The summed E-state index contributed by atoms with van der Waals surface area (Å²) in [4.78, 5) is 0. The first-order valence-corrected chi connectivity index (χ1v) is 6.87. The molecule has 0 bridgehead atoms. The molecule has 112 valence electrons. The van der Waals surface area contributed by atoms with E-state index in [-0.39, 0.29) is 12.5 Å². The van der Waals surface area contributed by atoms with E-state index in [1.807, 2.05) is 0 Å². The van der Waals surface area contributed by atoms with Gasteiger partial charge in [-0.3, -0.25) is 0 Å². The van der Waals surface area contributed by atoms with Crippen LogP contribution in [-0.2, 0) is 0 Å². The Morgan fingerprint density at radius 3 is 2.80 bits per heavy atom. The van der Waals surface area contributed by atoms with Crippen LogP contribution < -0.4 is 10.5 Å². The van der Waals surface area contributed by atoms with Crippen molar-refractivity contribution in [3.8, 4) is 5.75 Å². The Bertz CT molecular complexity index is 492. The van der Waals surface area contributed by atoms with Crippen LogP contribution in [0.5, 0.6) is 5.75 Å². The molecule has 0 fully saturated rings. The number of hydrogen-bond donors (Lipinski definition) is 1. The molecule has 2 rings (SSSR count). The molecule has 20 heavy (non-hydrogen) atoms. The van der Waals surface area contributed by atoms with Gasteiger partial charge in [-0.15, -0.1) is 0 Å². The van der Waals surface area contributed by atoms with Gasteiger partial charge in [-0.05, 0) is 38.0 Å². The summed E-state index contributed by atoms with van der Waals surface area (Å²) in [6.07, 6.45) is -4.08. The fraction of sp³-hybridized carbons (Fsp3) is 0.571. The maximum atomic E-state index is 12.2. The second kappa shape index (κ2) is 5.45. The van der Waals surface area contributed by atoms with Crippen LogP contribution in [0.25, 0.3) is 0 Å². The highest BCUT2D eigenvalue weighted by Gasteiger charge is 2.37. The Labute approximate surface area is 121 Å². The third-order valence-corrected chi connectivity index (χ3v) is 3.78. The number of benzene rings is 1. The van der Waals surface area contributed by atoms with Crippen LogP contribution in [0, 0.1) is 0 Å². The Morgan fingerprint density at radius 1 is 1.45 bits per heavy atom. The molecular weight excluding hydrogens is 291 g/mol. The Balaban J connectivity index is 2.06. The molecule has 0 aromatic heterocycles. The highest BCUT2D eigenvalue weighted by atomic mass is 35.5. The molecule has 2 unspecified atom stereocenters. The van der Waals surface area contributed by atoms with E-state index in [0.717, 1.165) is 5.56 Å². The van der Waals surface area contributed by atoms with Crippen LogP contribution in [0.1, 0.15) is 44.2 Å². The molecule has 0 radical (unpaired) electrons. The summed E-state index contributed by atoms with van der Waals surface area (Å²) in [7, 11) is 0. The normalized spacial score (nSPS) is 26.0. The fourth-order valence-electron chi connectivity index (χ4n) is 2.60. The quantitative estimate of drug-likeness (QED) is 0.884. The summed E-state index contributed by atoms with van der Waals surface area (Å²) < 4.78 is 42.5. The molecule has 0 spiro atoms. The van der Waals surface area contributed by atoms with E-state index in [1.165, 1.54) is 0 Å². The molecule has 0 saturated carbocycles. The minimum Gasteiger partial charge on any atom is -0.487 e. The lowest BCUT2D eigenvalue weighted by atomic mass is 9.85. The van der Waals surface area contributed by atoms with Gasteiger partial charge in [0.1, 0.15) is 11.4 Å². The van der Waals surface area contributed by atoms with Crippen molar-refractivity contribution in [2.24, 2.45) is 5.73 Å². The monoisotopic (exact) mass is 307 g/mol. The number of fused-ring (bicyclic) bond motifs is 1. The zero-order chi connectivity index (χ0) is 15.0. The highest BCUT2D eigenvalue weighted by molar-refractivity contribution is 6.30. The second-order valence-electron chi connectivity index (χ2n) is 5.51. The average Bonchev–Trinajstić information content (AvgIpc) is 2.28. The van der Waals surface area contributed by atoms with E-state index in [1.54, 1.807) is 25.1 Å². The van der Waals surface area contributed by atoms with Gasteiger partial charge in [-0.1, -0.05) is 11.6 Å². The Morgan fingerprint density at radius 2 is 2.15 bits per heavy atom. The second-order valence-corrected chi connectivity index (χ2v) is 5.95. The summed E-state index contributed by atoms with van der Waals surface area (Å²) in [5.41, 5.74) is 6.24. The summed E-state index contributed by atoms with van der Waals surface area (Å²) in [6, 6.07) is 4.89. The number of nitrogens with two attached hydrogens (primary N) is 1. The van der Waals surface area contributed by atoms with Crippen LogP contribution in [0.2, 0.25) is 5.02 Å². The molecule has 6 heteroatoms. The lowest BCUT2D eigenvalue weighted by Gasteiger charge is -2.39. The SMILES string of the molecule is CC1(CCCC(F)(F)F)CC(N)c2cc(Cl)ccc2O1. The van der Waals surface area contributed by atoms with Gasteiger partial charge < -0.3 is 10.5 Å². The van der Waals surface area contributed by atoms with Crippen LogP contribution in [0.4, 0.5) is 13.2 Å². The Hall–Kier alpha value is -0.940. The first-order chi connectivity index (χ1) is 9.19. The molecule has 0 saturated heterocycles. The van der Waals surface area contributed by atoms with Gasteiger partial charge in [0.05, 0.1) is 0 Å². The van der Waals surface area contributed by atoms with Crippen LogP contribution in [0.3, 0.4) is 0 Å². The number of halogens is 4. The first-order valence-electron chi connectivity index (χ1n) is 6.49. The summed E-state index contributed by atoms with van der Waals surface area (Å²) in [5.74, 6) is 0.614. The van der Waals surface area contributed by atoms with Gasteiger partial charge in [0.25, 0.3) is 0 Å². The van der Waals surface area contributed by atoms with Crippen molar-refractivity contribution in [2.75, 3.05) is 0 Å². The summed E-state index contributed by atoms with van der Waals surface area (Å²) in [6.45, 7) is 1.81. The van der Waals surface area contributed by atoms with Gasteiger partial charge in [0, 0.05) is 29.5 Å². The molecule has 0 amide bonds. The maximum absolute atomic E-state index is 12.2. The molecule has 2 N–H and O–H groups in total. The molecule has 1 aromatic rings. The van der Waals surface area contributed by atoms with Crippen molar-refractivity contribution >= 4 is 11.6 Å². The molecule has 2 atom stereocenters. The third-order valence-electron chi connectivity index (χ3n) is 3.55. The van der Waals surface area contributed by atoms with Gasteiger partial charge >= 0.3 is 6.18 Å². The molecular formula is C14H17ClF3NO. The standard InChI is InChI=1S/C14H17ClF3NO/c1-13(5-2-6-14(16,17)18)8-11(19)10-7-9(15)3-4-12(10)20-13/h3-4,7,11H,2,5-6,8,19H2,1H3. The number of rotatable bonds is 3. The molecule has 1 aromatic carbocycles. The Kier molecular flexibility index (Phi) is 4.21. The highest BCUT2D eigenvalue weighted by Crippen LogP contribution is 2.42. The van der Waals surface area contributed by atoms with E-state index in [2.05, 4.69) is 0 Å². The lowest BCUT2D eigenvalue weighted by molar-refractivity contribution is -0.137. The van der Waals surface area contributed by atoms with E-state index in [0.29, 0.717) is 23.6 Å². The maximum Gasteiger partial charge on any atom is 0.389 e. The predicted molar refractivity (Wildman–Crippen MR) is 71.9 cm³/mol. The number of hydrogen-bond acceptors (Lipinski definition) is 2. The van der Waals surface area contributed by atoms with Crippen LogP contribution >= 0.6 is 11.6 Å². The minimum atomic E-state index is -4.13. The van der Waals surface area contributed by atoms with Crippen LogP contribution in [0.15, 0.2) is 18.2 Å². The number of ether oxygens (including phenoxy) is 1. The fourth-order valence-corrected chi connectivity index (χ4v) is 2.78. The minimum absolute atomic E-state index is 0.0373. The van der Waals surface area contributed by atoms with Gasteiger partial charge in [-0.25, -0.2) is 0 Å². The lowest BCUT2D eigenvalue weighted by Crippen LogP contribution is -2.40. The molecule has 2 nitrogen and oxygen atoms in total. The zero-order valence-corrected chi connectivity index (χ0v) is 11.9. The van der Waals surface area contributed by atoms with E-state index >= 15 is 0 Å². The van der Waals surface area contributed by atoms with Crippen molar-refractivity contribution in [2.45, 2.75) is 50.4 Å². The van der Waals surface area contributed by atoms with Crippen molar-refractivity contribution in [1.29, 1.82) is 0 Å². The van der Waals surface area contributed by atoms with Crippen molar-refractivity contribution in [1.82, 2.24) is 0 Å². The van der Waals surface area contributed by atoms with Crippen molar-refractivity contribution in [3.63, 3.8) is 0 Å². The van der Waals surface area contributed by atoms with Gasteiger partial charge in [0.15, 0.2) is 0 Å². The first kappa shape index (κ1) is 15.4. The summed E-state index contributed by atoms with van der Waals surface area (Å²) in [5, 5.41) is 0.573. The van der Waals surface area contributed by atoms with Gasteiger partial charge in [0.2, 0.25) is 0 Å². The van der Waals surface area contributed by atoms with E-state index in [9.17, 15) is 13.2 Å². The van der Waals surface area contributed by atoms with E-state index < -0.39 is 18.2 Å². The smallest absolute Gasteiger partial charge is 0.389 e. The van der Waals surface area contributed by atoms with Crippen LogP contribution in [-0.4, -0.2) is 11.8 Å². The largest absolute Gasteiger partial charge is 0.487 e.